The second-order valence-electron chi connectivity index (χ2n) is 6.62. The maximum absolute atomic E-state index is 12.9. The predicted octanol–water partition coefficient (Wildman–Crippen LogP) is 5.23. The molecule has 6 nitrogen and oxygen atoms in total. The second-order valence-corrected chi connectivity index (χ2v) is 7.44. The predicted molar refractivity (Wildman–Crippen MR) is 114 cm³/mol. The lowest BCUT2D eigenvalue weighted by molar-refractivity contribution is -0.122. The number of nitrogens with one attached hydrogen (secondary N) is 1. The largest absolute Gasteiger partial charge is 0.457 e. The number of amides is 4. The number of halogens is 2. The molecular formula is C22H14Cl2N2O4. The molecule has 4 amide bonds. The Labute approximate surface area is 181 Å². The topological polar surface area (TPSA) is 79.6 Å². The van der Waals surface area contributed by atoms with Crippen molar-refractivity contribution in [1.82, 2.24) is 5.32 Å². The van der Waals surface area contributed by atoms with Crippen molar-refractivity contribution in [1.29, 1.82) is 0 Å². The number of furan rings is 1. The summed E-state index contributed by atoms with van der Waals surface area (Å²) in [6.45, 7) is 1.89. The van der Waals surface area contributed by atoms with E-state index in [0.717, 1.165) is 10.5 Å². The number of nitrogens with zero attached hydrogens (tertiary/aromatic N) is 1. The van der Waals surface area contributed by atoms with E-state index in [9.17, 15) is 14.4 Å². The molecular weight excluding hydrogens is 427 g/mol. The van der Waals surface area contributed by atoms with Crippen molar-refractivity contribution in [3.8, 4) is 11.3 Å². The van der Waals surface area contributed by atoms with Gasteiger partial charge in [-0.2, -0.15) is 0 Å². The molecule has 1 saturated heterocycles. The number of aryl methyl sites for hydroxylation is 1. The van der Waals surface area contributed by atoms with Gasteiger partial charge in [0.05, 0.1) is 15.7 Å². The lowest BCUT2D eigenvalue weighted by atomic mass is 10.1. The Morgan fingerprint density at radius 3 is 2.37 bits per heavy atom. The second kappa shape index (κ2) is 7.82. The summed E-state index contributed by atoms with van der Waals surface area (Å²) in [5.41, 5.74) is 1.80. The van der Waals surface area contributed by atoms with E-state index in [4.69, 9.17) is 27.6 Å². The number of barbiturate groups is 1. The molecule has 1 N–H and O–H groups in total. The van der Waals surface area contributed by atoms with Crippen molar-refractivity contribution in [3.63, 3.8) is 0 Å². The van der Waals surface area contributed by atoms with Crippen molar-refractivity contribution >= 4 is 52.8 Å². The first-order valence-corrected chi connectivity index (χ1v) is 9.62. The lowest BCUT2D eigenvalue weighted by Gasteiger charge is -2.26. The van der Waals surface area contributed by atoms with Crippen molar-refractivity contribution in [2.75, 3.05) is 4.90 Å². The molecule has 1 aliphatic rings. The zero-order valence-corrected chi connectivity index (χ0v) is 17.1. The number of rotatable bonds is 3. The van der Waals surface area contributed by atoms with Crippen molar-refractivity contribution < 1.29 is 18.8 Å². The zero-order chi connectivity index (χ0) is 21.4. The van der Waals surface area contributed by atoms with Crippen LogP contribution in [0.15, 0.2) is 64.6 Å². The molecule has 0 spiro atoms. The van der Waals surface area contributed by atoms with Crippen LogP contribution in [0.25, 0.3) is 17.4 Å². The van der Waals surface area contributed by atoms with Gasteiger partial charge in [0.25, 0.3) is 11.8 Å². The Bertz CT molecular complexity index is 1210. The summed E-state index contributed by atoms with van der Waals surface area (Å²) in [4.78, 5) is 38.3. The van der Waals surface area contributed by atoms with Gasteiger partial charge in [-0.25, -0.2) is 9.69 Å². The normalized spacial score (nSPS) is 15.6. The fraction of sp³-hybridized carbons (Fsp3) is 0.0455. The van der Waals surface area contributed by atoms with Crippen LogP contribution in [0, 0.1) is 6.92 Å². The van der Waals surface area contributed by atoms with E-state index >= 15 is 0 Å². The van der Waals surface area contributed by atoms with Crippen LogP contribution in [-0.2, 0) is 9.59 Å². The molecule has 30 heavy (non-hydrogen) atoms. The van der Waals surface area contributed by atoms with Crippen LogP contribution in [0.3, 0.4) is 0 Å². The third kappa shape index (κ3) is 3.75. The minimum Gasteiger partial charge on any atom is -0.457 e. The van der Waals surface area contributed by atoms with Gasteiger partial charge in [-0.05, 0) is 55.5 Å². The standard InChI is InChI=1S/C22H14Cl2N2O4/c1-12-2-5-14(6-3-12)26-21(28)16(20(27)25-22(26)29)11-15-7-9-19(30-15)13-4-8-17(23)18(24)10-13/h2-11H,1H3,(H,25,27,29). The van der Waals surface area contributed by atoms with Gasteiger partial charge in [0.1, 0.15) is 17.1 Å². The quantitative estimate of drug-likeness (QED) is 0.446. The smallest absolute Gasteiger partial charge is 0.335 e. The zero-order valence-electron chi connectivity index (χ0n) is 15.6. The third-order valence-electron chi connectivity index (χ3n) is 4.51. The molecule has 8 heteroatoms. The number of imide groups is 2. The van der Waals surface area contributed by atoms with Crippen LogP contribution in [0.2, 0.25) is 10.0 Å². The van der Waals surface area contributed by atoms with Gasteiger partial charge >= 0.3 is 6.03 Å². The molecule has 2 heterocycles. The average Bonchev–Trinajstić information content (AvgIpc) is 3.17. The first-order chi connectivity index (χ1) is 14.3. The molecule has 3 aromatic rings. The lowest BCUT2D eigenvalue weighted by Crippen LogP contribution is -2.54. The highest BCUT2D eigenvalue weighted by atomic mass is 35.5. The molecule has 4 rings (SSSR count). The summed E-state index contributed by atoms with van der Waals surface area (Å²) in [5, 5.41) is 2.97. The van der Waals surface area contributed by atoms with Crippen LogP contribution >= 0.6 is 23.2 Å². The first-order valence-electron chi connectivity index (χ1n) is 8.87. The summed E-state index contributed by atoms with van der Waals surface area (Å²) in [6, 6.07) is 14.3. The number of carbonyl (C=O) groups is 3. The highest BCUT2D eigenvalue weighted by Crippen LogP contribution is 2.30. The highest BCUT2D eigenvalue weighted by molar-refractivity contribution is 6.42. The molecule has 150 valence electrons. The number of hydrogen-bond acceptors (Lipinski definition) is 4. The van der Waals surface area contributed by atoms with E-state index in [1.807, 2.05) is 6.92 Å². The maximum atomic E-state index is 12.9. The molecule has 2 aromatic carbocycles. The molecule has 1 aromatic heterocycles. The molecule has 0 aliphatic carbocycles. The summed E-state index contributed by atoms with van der Waals surface area (Å²) in [6.07, 6.45) is 1.30. The van der Waals surface area contributed by atoms with Gasteiger partial charge in [-0.1, -0.05) is 40.9 Å². The minimum absolute atomic E-state index is 0.217. The Hall–Kier alpha value is -3.35. The van der Waals surface area contributed by atoms with Crippen LogP contribution in [0.1, 0.15) is 11.3 Å². The monoisotopic (exact) mass is 440 g/mol. The van der Waals surface area contributed by atoms with Gasteiger partial charge in [0.15, 0.2) is 0 Å². The third-order valence-corrected chi connectivity index (χ3v) is 5.25. The summed E-state index contributed by atoms with van der Waals surface area (Å²) >= 11 is 12.0. The van der Waals surface area contributed by atoms with E-state index < -0.39 is 17.8 Å². The summed E-state index contributed by atoms with van der Waals surface area (Å²) < 4.78 is 5.73. The van der Waals surface area contributed by atoms with Crippen molar-refractivity contribution in [3.05, 3.63) is 81.5 Å². The molecule has 1 aliphatic heterocycles. The summed E-state index contributed by atoms with van der Waals surface area (Å²) in [5.74, 6) is -0.774. The highest BCUT2D eigenvalue weighted by Gasteiger charge is 2.37. The number of carbonyl (C=O) groups excluding carboxylic acids is 3. The van der Waals surface area contributed by atoms with E-state index in [0.29, 0.717) is 27.1 Å². The molecule has 0 bridgehead atoms. The molecule has 0 saturated carbocycles. The van der Waals surface area contributed by atoms with E-state index in [1.54, 1.807) is 54.6 Å². The Morgan fingerprint density at radius 1 is 0.933 bits per heavy atom. The van der Waals surface area contributed by atoms with Crippen LogP contribution < -0.4 is 10.2 Å². The minimum atomic E-state index is -0.804. The van der Waals surface area contributed by atoms with Crippen molar-refractivity contribution in [2.45, 2.75) is 6.92 Å². The maximum Gasteiger partial charge on any atom is 0.335 e. The van der Waals surface area contributed by atoms with E-state index in [-0.39, 0.29) is 11.3 Å². The van der Waals surface area contributed by atoms with Crippen LogP contribution in [0.4, 0.5) is 10.5 Å². The number of anilines is 1. The number of benzene rings is 2. The van der Waals surface area contributed by atoms with Gasteiger partial charge < -0.3 is 4.42 Å². The van der Waals surface area contributed by atoms with Crippen LogP contribution in [0.5, 0.6) is 0 Å². The van der Waals surface area contributed by atoms with E-state index in [2.05, 4.69) is 5.32 Å². The molecule has 1 fully saturated rings. The van der Waals surface area contributed by atoms with Gasteiger partial charge in [0, 0.05) is 5.56 Å². The van der Waals surface area contributed by atoms with Gasteiger partial charge in [0.2, 0.25) is 0 Å². The van der Waals surface area contributed by atoms with Gasteiger partial charge in [-0.15, -0.1) is 0 Å². The number of urea groups is 1. The first kappa shape index (κ1) is 19.9. The Kier molecular flexibility index (Phi) is 5.20. The van der Waals surface area contributed by atoms with E-state index in [1.165, 1.54) is 6.08 Å². The Balaban J connectivity index is 1.67. The van der Waals surface area contributed by atoms with Crippen molar-refractivity contribution in [2.24, 2.45) is 0 Å². The average molecular weight is 441 g/mol. The SMILES string of the molecule is Cc1ccc(N2C(=O)NC(=O)C(=Cc3ccc(-c4ccc(Cl)c(Cl)c4)o3)C2=O)cc1. The van der Waals surface area contributed by atoms with Gasteiger partial charge in [-0.3, -0.25) is 14.9 Å². The molecule has 0 atom stereocenters. The Morgan fingerprint density at radius 2 is 1.67 bits per heavy atom. The summed E-state index contributed by atoms with van der Waals surface area (Å²) in [7, 11) is 0. The molecule has 0 unspecified atom stereocenters. The molecule has 0 radical (unpaired) electrons. The fourth-order valence-corrected chi connectivity index (χ4v) is 3.26. The van der Waals surface area contributed by atoms with Crippen LogP contribution in [-0.4, -0.2) is 17.8 Å². The number of hydrogen-bond donors (Lipinski definition) is 1. The fourth-order valence-electron chi connectivity index (χ4n) is 2.96.